The van der Waals surface area contributed by atoms with Gasteiger partial charge in [0.25, 0.3) is 0 Å². The quantitative estimate of drug-likeness (QED) is 0.614. The molecule has 1 N–H and O–H groups in total. The maximum Gasteiger partial charge on any atom is 0.238 e. The van der Waals surface area contributed by atoms with Crippen molar-refractivity contribution in [1.29, 1.82) is 0 Å². The van der Waals surface area contributed by atoms with Gasteiger partial charge in [-0.2, -0.15) is 0 Å². The summed E-state index contributed by atoms with van der Waals surface area (Å²) < 4.78 is 13.2. The van der Waals surface area contributed by atoms with E-state index >= 15 is 0 Å². The molecule has 1 aromatic heterocycles. The van der Waals surface area contributed by atoms with Crippen LogP contribution in [0.25, 0.3) is 0 Å². The summed E-state index contributed by atoms with van der Waals surface area (Å²) in [4.78, 5) is 19.1. The third-order valence-electron chi connectivity index (χ3n) is 4.98. The lowest BCUT2D eigenvalue weighted by molar-refractivity contribution is -0.117. The first-order valence-corrected chi connectivity index (χ1v) is 9.74. The van der Waals surface area contributed by atoms with Crippen molar-refractivity contribution in [2.45, 2.75) is 26.8 Å². The van der Waals surface area contributed by atoms with Crippen LogP contribution in [0.1, 0.15) is 22.4 Å². The Labute approximate surface area is 171 Å². The molecule has 3 rings (SSSR count). The molecule has 1 heterocycles. The Morgan fingerprint density at radius 1 is 1.03 bits per heavy atom. The number of aryl methyl sites for hydroxylation is 1. The molecule has 150 valence electrons. The van der Waals surface area contributed by atoms with Gasteiger partial charge < -0.3 is 5.32 Å². The minimum atomic E-state index is -0.263. The van der Waals surface area contributed by atoms with Crippen LogP contribution in [0.3, 0.4) is 0 Å². The standard InChI is InChI=1S/C24H26FN3O/c1-18-6-5-8-23(19(18)2)27-24(29)17-28(15-13-22-7-3-4-14-26-22)16-20-9-11-21(25)12-10-20/h3-12,14H,13,15-17H2,1-2H3,(H,27,29). The maximum atomic E-state index is 13.2. The Balaban J connectivity index is 1.68. The molecule has 2 aromatic carbocycles. The number of carbonyl (C=O) groups excluding carboxylic acids is 1. The number of halogens is 1. The summed E-state index contributed by atoms with van der Waals surface area (Å²) >= 11 is 0. The van der Waals surface area contributed by atoms with Crippen LogP contribution in [0.4, 0.5) is 10.1 Å². The van der Waals surface area contributed by atoms with Gasteiger partial charge in [-0.05, 0) is 60.9 Å². The highest BCUT2D eigenvalue weighted by atomic mass is 19.1. The number of pyridine rings is 1. The molecule has 0 fully saturated rings. The first-order chi connectivity index (χ1) is 14.0. The molecule has 3 aromatic rings. The first-order valence-electron chi connectivity index (χ1n) is 9.74. The lowest BCUT2D eigenvalue weighted by atomic mass is 10.1. The summed E-state index contributed by atoms with van der Waals surface area (Å²) in [6.45, 7) is 5.51. The van der Waals surface area contributed by atoms with E-state index in [0.29, 0.717) is 13.1 Å². The summed E-state index contributed by atoms with van der Waals surface area (Å²) in [6, 6.07) is 18.1. The number of amides is 1. The van der Waals surface area contributed by atoms with Crippen molar-refractivity contribution in [2.75, 3.05) is 18.4 Å². The number of hydrogen-bond donors (Lipinski definition) is 1. The molecule has 0 saturated heterocycles. The lowest BCUT2D eigenvalue weighted by Crippen LogP contribution is -2.34. The first kappa shape index (κ1) is 20.7. The highest BCUT2D eigenvalue weighted by molar-refractivity contribution is 5.93. The zero-order chi connectivity index (χ0) is 20.6. The number of nitrogens with zero attached hydrogens (tertiary/aromatic N) is 2. The van der Waals surface area contributed by atoms with Crippen molar-refractivity contribution in [2.24, 2.45) is 0 Å². The molecular weight excluding hydrogens is 365 g/mol. The molecule has 0 saturated carbocycles. The molecule has 0 aliphatic heterocycles. The SMILES string of the molecule is Cc1cccc(NC(=O)CN(CCc2ccccn2)Cc2ccc(F)cc2)c1C. The fourth-order valence-electron chi connectivity index (χ4n) is 3.16. The van der Waals surface area contributed by atoms with E-state index in [9.17, 15) is 9.18 Å². The summed E-state index contributed by atoms with van der Waals surface area (Å²) in [6.07, 6.45) is 2.51. The van der Waals surface area contributed by atoms with E-state index < -0.39 is 0 Å². The highest BCUT2D eigenvalue weighted by Gasteiger charge is 2.13. The van der Waals surface area contributed by atoms with Crippen molar-refractivity contribution < 1.29 is 9.18 Å². The largest absolute Gasteiger partial charge is 0.325 e. The number of anilines is 1. The number of rotatable bonds is 8. The smallest absolute Gasteiger partial charge is 0.238 e. The zero-order valence-electron chi connectivity index (χ0n) is 16.9. The van der Waals surface area contributed by atoms with Crippen LogP contribution in [0.5, 0.6) is 0 Å². The maximum absolute atomic E-state index is 13.2. The number of nitrogens with one attached hydrogen (secondary N) is 1. The van der Waals surface area contributed by atoms with E-state index in [1.165, 1.54) is 12.1 Å². The van der Waals surface area contributed by atoms with E-state index in [1.54, 1.807) is 18.3 Å². The van der Waals surface area contributed by atoms with E-state index in [4.69, 9.17) is 0 Å². The molecule has 0 aliphatic rings. The van der Waals surface area contributed by atoms with Crippen molar-refractivity contribution in [3.63, 3.8) is 0 Å². The average molecular weight is 391 g/mol. The summed E-state index contributed by atoms with van der Waals surface area (Å²) in [5, 5.41) is 3.02. The van der Waals surface area contributed by atoms with Crippen molar-refractivity contribution >= 4 is 11.6 Å². The van der Waals surface area contributed by atoms with Gasteiger partial charge in [0.1, 0.15) is 5.82 Å². The van der Waals surface area contributed by atoms with Crippen molar-refractivity contribution in [3.05, 3.63) is 95.1 Å². The Morgan fingerprint density at radius 2 is 1.83 bits per heavy atom. The average Bonchev–Trinajstić information content (AvgIpc) is 2.72. The molecule has 5 heteroatoms. The van der Waals surface area contributed by atoms with Gasteiger partial charge in [-0.3, -0.25) is 14.7 Å². The fraction of sp³-hybridized carbons (Fsp3) is 0.250. The Bertz CT molecular complexity index is 942. The zero-order valence-corrected chi connectivity index (χ0v) is 16.9. The minimum absolute atomic E-state index is 0.0677. The van der Waals surface area contributed by atoms with Gasteiger partial charge in [0.15, 0.2) is 0 Å². The van der Waals surface area contributed by atoms with E-state index in [-0.39, 0.29) is 18.3 Å². The predicted molar refractivity (Wildman–Crippen MR) is 114 cm³/mol. The van der Waals surface area contributed by atoms with E-state index in [1.807, 2.05) is 50.2 Å². The number of benzene rings is 2. The second-order valence-electron chi connectivity index (χ2n) is 7.20. The third kappa shape index (κ3) is 6.22. The molecule has 4 nitrogen and oxygen atoms in total. The second-order valence-corrected chi connectivity index (χ2v) is 7.20. The normalized spacial score (nSPS) is 10.9. The monoisotopic (exact) mass is 391 g/mol. The number of aromatic nitrogens is 1. The van der Waals surface area contributed by atoms with Crippen LogP contribution in [0, 0.1) is 19.7 Å². The third-order valence-corrected chi connectivity index (χ3v) is 4.98. The molecular formula is C24H26FN3O. The molecule has 0 atom stereocenters. The fourth-order valence-corrected chi connectivity index (χ4v) is 3.16. The number of hydrogen-bond acceptors (Lipinski definition) is 3. The molecule has 29 heavy (non-hydrogen) atoms. The van der Waals surface area contributed by atoms with Crippen LogP contribution in [0.2, 0.25) is 0 Å². The minimum Gasteiger partial charge on any atom is -0.325 e. The van der Waals surface area contributed by atoms with E-state index in [2.05, 4.69) is 15.2 Å². The predicted octanol–water partition coefficient (Wildman–Crippen LogP) is 4.52. The van der Waals surface area contributed by atoms with Crippen LogP contribution in [-0.4, -0.2) is 28.9 Å². The molecule has 1 amide bonds. The van der Waals surface area contributed by atoms with Crippen LogP contribution < -0.4 is 5.32 Å². The van der Waals surface area contributed by atoms with E-state index in [0.717, 1.165) is 34.5 Å². The van der Waals surface area contributed by atoms with Gasteiger partial charge in [0.05, 0.1) is 6.54 Å². The topological polar surface area (TPSA) is 45.2 Å². The molecule has 0 radical (unpaired) electrons. The van der Waals surface area contributed by atoms with Gasteiger partial charge in [0, 0.05) is 37.1 Å². The number of carbonyl (C=O) groups is 1. The van der Waals surface area contributed by atoms with Gasteiger partial charge in [0.2, 0.25) is 5.91 Å². The summed E-state index contributed by atoms with van der Waals surface area (Å²) in [5.41, 5.74) is 4.99. The Morgan fingerprint density at radius 3 is 2.55 bits per heavy atom. The van der Waals surface area contributed by atoms with Gasteiger partial charge in [-0.1, -0.05) is 30.3 Å². The van der Waals surface area contributed by atoms with Crippen LogP contribution in [0.15, 0.2) is 66.9 Å². The van der Waals surface area contributed by atoms with Gasteiger partial charge >= 0.3 is 0 Å². The van der Waals surface area contributed by atoms with Gasteiger partial charge in [-0.15, -0.1) is 0 Å². The van der Waals surface area contributed by atoms with Crippen molar-refractivity contribution in [1.82, 2.24) is 9.88 Å². The second kappa shape index (κ2) is 9.94. The molecule has 0 aliphatic carbocycles. The van der Waals surface area contributed by atoms with Crippen LogP contribution in [-0.2, 0) is 17.8 Å². The van der Waals surface area contributed by atoms with Crippen molar-refractivity contribution in [3.8, 4) is 0 Å². The lowest BCUT2D eigenvalue weighted by Gasteiger charge is -2.22. The molecule has 0 spiro atoms. The highest BCUT2D eigenvalue weighted by Crippen LogP contribution is 2.18. The summed E-state index contributed by atoms with van der Waals surface area (Å²) in [5.74, 6) is -0.330. The van der Waals surface area contributed by atoms with Crippen LogP contribution >= 0.6 is 0 Å². The Kier molecular flexibility index (Phi) is 7.09. The Hall–Kier alpha value is -3.05. The molecule has 0 bridgehead atoms. The molecule has 0 unspecified atom stereocenters. The van der Waals surface area contributed by atoms with Gasteiger partial charge in [-0.25, -0.2) is 4.39 Å². The summed E-state index contributed by atoms with van der Waals surface area (Å²) in [7, 11) is 0.